The second-order valence-electron chi connectivity index (χ2n) is 7.77. The van der Waals surface area contributed by atoms with Crippen molar-refractivity contribution >= 4 is 18.0 Å². The number of aliphatic carboxylic acids is 1. The lowest BCUT2D eigenvalue weighted by molar-refractivity contribution is -0.149. The summed E-state index contributed by atoms with van der Waals surface area (Å²) in [5.41, 5.74) is 4.56. The van der Waals surface area contributed by atoms with Crippen molar-refractivity contribution < 1.29 is 24.2 Å². The first-order valence-corrected chi connectivity index (χ1v) is 10.4. The van der Waals surface area contributed by atoms with Crippen LogP contribution in [-0.4, -0.2) is 54.2 Å². The summed E-state index contributed by atoms with van der Waals surface area (Å²) in [5.74, 6) is -1.96. The Morgan fingerprint density at radius 1 is 1.06 bits per heavy atom. The van der Waals surface area contributed by atoms with E-state index in [1.807, 2.05) is 43.3 Å². The number of rotatable bonds is 8. The van der Waals surface area contributed by atoms with Gasteiger partial charge in [-0.05, 0) is 35.6 Å². The van der Waals surface area contributed by atoms with Gasteiger partial charge in [0.15, 0.2) is 0 Å². The molecule has 31 heavy (non-hydrogen) atoms. The topological polar surface area (TPSA) is 95.9 Å². The zero-order valence-electron chi connectivity index (χ0n) is 18.0. The molecule has 3 rings (SSSR count). The van der Waals surface area contributed by atoms with Gasteiger partial charge in [-0.2, -0.15) is 0 Å². The van der Waals surface area contributed by atoms with E-state index in [0.717, 1.165) is 22.3 Å². The molecule has 2 atom stereocenters. The molecular weight excluding hydrogens is 396 g/mol. The summed E-state index contributed by atoms with van der Waals surface area (Å²) in [6, 6.07) is 15.2. The fraction of sp³-hybridized carbons (Fsp3) is 0.375. The second kappa shape index (κ2) is 9.64. The zero-order valence-corrected chi connectivity index (χ0v) is 18.0. The van der Waals surface area contributed by atoms with Crippen LogP contribution in [-0.2, 0) is 14.3 Å². The van der Waals surface area contributed by atoms with E-state index < -0.39 is 24.0 Å². The molecule has 7 heteroatoms. The first-order valence-electron chi connectivity index (χ1n) is 10.4. The Morgan fingerprint density at radius 2 is 1.61 bits per heavy atom. The fourth-order valence-electron chi connectivity index (χ4n) is 3.91. The van der Waals surface area contributed by atoms with E-state index in [1.165, 1.54) is 18.9 Å². The standard InChI is InChI=1S/C24H28N2O5/c1-4-16(22(27)26(3)15(2)23(28)29)13-25-24(30)31-14-21-19-11-7-5-9-17(19)18-10-6-8-12-20(18)21/h5-12,15-16,21H,4,13-14H2,1-3H3,(H,25,30)(H,28,29). The van der Waals surface area contributed by atoms with Crippen molar-refractivity contribution in [2.24, 2.45) is 5.92 Å². The van der Waals surface area contributed by atoms with Gasteiger partial charge in [0.2, 0.25) is 5.91 Å². The third-order valence-electron chi connectivity index (χ3n) is 5.96. The molecule has 1 aliphatic rings. The molecule has 0 aromatic heterocycles. The van der Waals surface area contributed by atoms with Crippen LogP contribution in [0.5, 0.6) is 0 Å². The molecule has 2 aromatic carbocycles. The number of nitrogens with zero attached hydrogens (tertiary/aromatic N) is 1. The summed E-state index contributed by atoms with van der Waals surface area (Å²) < 4.78 is 5.49. The van der Waals surface area contributed by atoms with E-state index in [1.54, 1.807) is 0 Å². The van der Waals surface area contributed by atoms with E-state index in [0.29, 0.717) is 6.42 Å². The quantitative estimate of drug-likeness (QED) is 0.676. The molecule has 2 unspecified atom stereocenters. The lowest BCUT2D eigenvalue weighted by Gasteiger charge is -2.26. The lowest BCUT2D eigenvalue weighted by atomic mass is 9.98. The average Bonchev–Trinajstić information content (AvgIpc) is 3.10. The maximum atomic E-state index is 12.5. The molecule has 0 saturated carbocycles. The van der Waals surface area contributed by atoms with Gasteiger partial charge in [0.05, 0.1) is 5.92 Å². The van der Waals surface area contributed by atoms with Gasteiger partial charge in [-0.15, -0.1) is 0 Å². The highest BCUT2D eigenvalue weighted by Gasteiger charge is 2.30. The summed E-state index contributed by atoms with van der Waals surface area (Å²) in [6.45, 7) is 3.55. The number of likely N-dealkylation sites (N-methyl/N-ethyl adjacent to an activating group) is 1. The van der Waals surface area contributed by atoms with Crippen LogP contribution in [0.25, 0.3) is 11.1 Å². The Hall–Kier alpha value is -3.35. The van der Waals surface area contributed by atoms with Gasteiger partial charge in [-0.3, -0.25) is 4.79 Å². The van der Waals surface area contributed by atoms with Crippen LogP contribution in [0.2, 0.25) is 0 Å². The Labute approximate surface area is 182 Å². The summed E-state index contributed by atoms with van der Waals surface area (Å²) in [5, 5.41) is 11.8. The molecule has 2 amide bonds. The lowest BCUT2D eigenvalue weighted by Crippen LogP contribution is -2.46. The maximum absolute atomic E-state index is 12.5. The van der Waals surface area contributed by atoms with E-state index in [-0.39, 0.29) is 25.0 Å². The molecule has 0 aliphatic heterocycles. The highest BCUT2D eigenvalue weighted by molar-refractivity contribution is 5.85. The van der Waals surface area contributed by atoms with Gasteiger partial charge < -0.3 is 20.1 Å². The van der Waals surface area contributed by atoms with Crippen LogP contribution in [0.15, 0.2) is 48.5 Å². The van der Waals surface area contributed by atoms with Gasteiger partial charge in [-0.25, -0.2) is 9.59 Å². The monoisotopic (exact) mass is 424 g/mol. The number of alkyl carbamates (subject to hydrolysis) is 1. The molecule has 2 aromatic rings. The predicted octanol–water partition coefficient (Wildman–Crippen LogP) is 3.48. The summed E-state index contributed by atoms with van der Waals surface area (Å²) >= 11 is 0. The minimum absolute atomic E-state index is 0.0377. The number of carboxylic acid groups (broad SMARTS) is 1. The van der Waals surface area contributed by atoms with Crippen LogP contribution in [0, 0.1) is 5.92 Å². The van der Waals surface area contributed by atoms with Crippen molar-refractivity contribution in [2.75, 3.05) is 20.2 Å². The molecule has 0 heterocycles. The largest absolute Gasteiger partial charge is 0.480 e. The van der Waals surface area contributed by atoms with E-state index in [2.05, 4.69) is 17.4 Å². The molecule has 0 spiro atoms. The number of carbonyl (C=O) groups is 3. The number of hydrogen-bond acceptors (Lipinski definition) is 4. The number of amides is 2. The van der Waals surface area contributed by atoms with E-state index >= 15 is 0 Å². The van der Waals surface area contributed by atoms with Crippen molar-refractivity contribution in [2.45, 2.75) is 32.2 Å². The molecule has 0 fully saturated rings. The van der Waals surface area contributed by atoms with Gasteiger partial charge in [-0.1, -0.05) is 55.5 Å². The Balaban J connectivity index is 1.58. The number of hydrogen-bond donors (Lipinski definition) is 2. The van der Waals surface area contributed by atoms with Crippen molar-refractivity contribution in [3.8, 4) is 11.1 Å². The third-order valence-corrected chi connectivity index (χ3v) is 5.96. The Kier molecular flexibility index (Phi) is 6.95. The highest BCUT2D eigenvalue weighted by Crippen LogP contribution is 2.44. The normalized spacial score (nSPS) is 14.2. The molecule has 7 nitrogen and oxygen atoms in total. The molecule has 0 bridgehead atoms. The van der Waals surface area contributed by atoms with Gasteiger partial charge in [0, 0.05) is 19.5 Å². The smallest absolute Gasteiger partial charge is 0.407 e. The first kappa shape index (κ1) is 22.3. The number of benzene rings is 2. The van der Waals surface area contributed by atoms with E-state index in [9.17, 15) is 14.4 Å². The van der Waals surface area contributed by atoms with Crippen LogP contribution in [0.3, 0.4) is 0 Å². The maximum Gasteiger partial charge on any atom is 0.407 e. The highest BCUT2D eigenvalue weighted by atomic mass is 16.5. The molecule has 0 radical (unpaired) electrons. The van der Waals surface area contributed by atoms with Crippen LogP contribution < -0.4 is 5.32 Å². The first-order chi connectivity index (χ1) is 14.8. The van der Waals surface area contributed by atoms with Gasteiger partial charge >= 0.3 is 12.1 Å². The van der Waals surface area contributed by atoms with Crippen molar-refractivity contribution in [1.29, 1.82) is 0 Å². The van der Waals surface area contributed by atoms with Gasteiger partial charge in [0.1, 0.15) is 12.6 Å². The SMILES string of the molecule is CCC(CNC(=O)OCC1c2ccccc2-c2ccccc21)C(=O)N(C)C(C)C(=O)O. The molecule has 2 N–H and O–H groups in total. The Bertz CT molecular complexity index is 928. The van der Waals surface area contributed by atoms with Crippen LogP contribution in [0.4, 0.5) is 4.79 Å². The van der Waals surface area contributed by atoms with E-state index in [4.69, 9.17) is 9.84 Å². The fourth-order valence-corrected chi connectivity index (χ4v) is 3.91. The van der Waals surface area contributed by atoms with Crippen LogP contribution >= 0.6 is 0 Å². The van der Waals surface area contributed by atoms with Crippen molar-refractivity contribution in [3.63, 3.8) is 0 Å². The minimum Gasteiger partial charge on any atom is -0.480 e. The molecular formula is C24H28N2O5. The Morgan fingerprint density at radius 3 is 2.13 bits per heavy atom. The number of carbonyl (C=O) groups excluding carboxylic acids is 2. The average molecular weight is 424 g/mol. The minimum atomic E-state index is -1.07. The summed E-state index contributed by atoms with van der Waals surface area (Å²) in [4.78, 5) is 37.2. The number of nitrogens with one attached hydrogen (secondary N) is 1. The number of ether oxygens (including phenoxy) is 1. The van der Waals surface area contributed by atoms with Crippen molar-refractivity contribution in [1.82, 2.24) is 10.2 Å². The number of carboxylic acids is 1. The zero-order chi connectivity index (χ0) is 22.5. The summed E-state index contributed by atoms with van der Waals surface area (Å²) in [7, 11) is 1.46. The van der Waals surface area contributed by atoms with Crippen molar-refractivity contribution in [3.05, 3.63) is 59.7 Å². The number of fused-ring (bicyclic) bond motifs is 3. The molecule has 0 saturated heterocycles. The summed E-state index contributed by atoms with van der Waals surface area (Å²) in [6.07, 6.45) is -0.124. The second-order valence-corrected chi connectivity index (χ2v) is 7.77. The van der Waals surface area contributed by atoms with Gasteiger partial charge in [0.25, 0.3) is 0 Å². The predicted molar refractivity (Wildman–Crippen MR) is 117 cm³/mol. The molecule has 164 valence electrons. The third kappa shape index (κ3) is 4.71. The molecule has 1 aliphatic carbocycles. The van der Waals surface area contributed by atoms with Crippen LogP contribution in [0.1, 0.15) is 37.3 Å².